The lowest BCUT2D eigenvalue weighted by Crippen LogP contribution is -2.18. The maximum atomic E-state index is 13.5. The first-order valence-corrected chi connectivity index (χ1v) is 8.43. The number of halogens is 3. The molecule has 0 N–H and O–H groups in total. The van der Waals surface area contributed by atoms with Gasteiger partial charge in [0.25, 0.3) is 0 Å². The van der Waals surface area contributed by atoms with E-state index in [1.165, 1.54) is 12.3 Å². The summed E-state index contributed by atoms with van der Waals surface area (Å²) < 4.78 is 40.4. The summed E-state index contributed by atoms with van der Waals surface area (Å²) in [6.07, 6.45) is 0.0149. The smallest absolute Gasteiger partial charge is 0.299 e. The summed E-state index contributed by atoms with van der Waals surface area (Å²) in [6, 6.07) is 14.4. The molecule has 0 bridgehead atoms. The normalized spacial score (nSPS) is 12.6. The second kappa shape index (κ2) is 8.12. The summed E-state index contributed by atoms with van der Waals surface area (Å²) in [4.78, 5) is 20.6. The lowest BCUT2D eigenvalue weighted by molar-refractivity contribution is -0.138. The van der Waals surface area contributed by atoms with Gasteiger partial charge in [-0.3, -0.25) is 14.8 Å². The average molecular weight is 370 g/mol. The van der Waals surface area contributed by atoms with Crippen LogP contribution in [-0.2, 0) is 17.4 Å². The minimum atomic E-state index is -4.54. The summed E-state index contributed by atoms with van der Waals surface area (Å²) in [6.45, 7) is 0. The highest BCUT2D eigenvalue weighted by Gasteiger charge is 2.36. The van der Waals surface area contributed by atoms with Crippen LogP contribution >= 0.6 is 0 Å². The Morgan fingerprint density at radius 2 is 1.70 bits per heavy atom. The second-order valence-electron chi connectivity index (χ2n) is 6.18. The SMILES string of the molecule is O=C(Cc1cccnc1)C[C@@H](c1ccccc1)c1ncccc1C(F)(F)F. The number of Topliss-reactive ketones (excluding diaryl/α,β-unsaturated/α-hetero) is 1. The molecule has 3 rings (SSSR count). The molecular formula is C21H17F3N2O. The van der Waals surface area contributed by atoms with Crippen LogP contribution in [-0.4, -0.2) is 15.8 Å². The first-order chi connectivity index (χ1) is 12.9. The van der Waals surface area contributed by atoms with E-state index in [9.17, 15) is 18.0 Å². The summed E-state index contributed by atoms with van der Waals surface area (Å²) in [5, 5.41) is 0. The number of hydrogen-bond donors (Lipinski definition) is 0. The standard InChI is InChI=1S/C21H17F3N2O/c22-21(23,24)19-9-5-11-26-20(19)18(16-7-2-1-3-8-16)13-17(27)12-15-6-4-10-25-14-15/h1-11,14,18H,12-13H2/t18-/m0/s1. The molecule has 3 aromatic rings. The van der Waals surface area contributed by atoms with Crippen molar-refractivity contribution in [3.05, 3.63) is 95.6 Å². The van der Waals surface area contributed by atoms with Gasteiger partial charge in [0.1, 0.15) is 5.78 Å². The molecule has 0 saturated carbocycles. The first kappa shape index (κ1) is 18.8. The molecule has 2 heterocycles. The highest BCUT2D eigenvalue weighted by atomic mass is 19.4. The number of ketones is 1. The number of benzene rings is 1. The molecule has 2 aromatic heterocycles. The molecule has 0 aliphatic rings. The number of rotatable bonds is 6. The Bertz CT molecular complexity index is 896. The number of carbonyl (C=O) groups is 1. The van der Waals surface area contributed by atoms with Gasteiger partial charge in [0, 0.05) is 37.4 Å². The Morgan fingerprint density at radius 3 is 2.37 bits per heavy atom. The Kier molecular flexibility index (Phi) is 5.64. The zero-order chi connectivity index (χ0) is 19.3. The zero-order valence-corrected chi connectivity index (χ0v) is 14.4. The number of alkyl halides is 3. The van der Waals surface area contributed by atoms with E-state index < -0.39 is 17.7 Å². The van der Waals surface area contributed by atoms with Gasteiger partial charge in [0.15, 0.2) is 0 Å². The Hall–Kier alpha value is -3.02. The van der Waals surface area contributed by atoms with Gasteiger partial charge in [-0.2, -0.15) is 13.2 Å². The molecule has 0 fully saturated rings. The molecule has 3 nitrogen and oxygen atoms in total. The molecule has 138 valence electrons. The highest BCUT2D eigenvalue weighted by molar-refractivity contribution is 5.82. The van der Waals surface area contributed by atoms with E-state index in [0.717, 1.165) is 11.6 Å². The van der Waals surface area contributed by atoms with Gasteiger partial charge >= 0.3 is 6.18 Å². The van der Waals surface area contributed by atoms with E-state index in [-0.39, 0.29) is 24.3 Å². The average Bonchev–Trinajstić information content (AvgIpc) is 2.67. The third kappa shape index (κ3) is 4.78. The van der Waals surface area contributed by atoms with E-state index in [1.54, 1.807) is 54.9 Å². The summed E-state index contributed by atoms with van der Waals surface area (Å²) >= 11 is 0. The molecule has 6 heteroatoms. The van der Waals surface area contributed by atoms with E-state index in [1.807, 2.05) is 0 Å². The van der Waals surface area contributed by atoms with Crippen molar-refractivity contribution < 1.29 is 18.0 Å². The van der Waals surface area contributed by atoms with Gasteiger partial charge < -0.3 is 0 Å². The second-order valence-corrected chi connectivity index (χ2v) is 6.18. The minimum Gasteiger partial charge on any atom is -0.299 e. The topological polar surface area (TPSA) is 42.9 Å². The summed E-state index contributed by atoms with van der Waals surface area (Å²) in [7, 11) is 0. The van der Waals surface area contributed by atoms with Gasteiger partial charge in [0.05, 0.1) is 11.3 Å². The third-order valence-corrected chi connectivity index (χ3v) is 4.23. The number of aromatic nitrogens is 2. The van der Waals surface area contributed by atoms with Crippen LogP contribution in [0.25, 0.3) is 0 Å². The van der Waals surface area contributed by atoms with Gasteiger partial charge in [0.2, 0.25) is 0 Å². The van der Waals surface area contributed by atoms with Crippen molar-refractivity contribution in [1.82, 2.24) is 9.97 Å². The number of nitrogens with zero attached hydrogens (tertiary/aromatic N) is 2. The van der Waals surface area contributed by atoms with Crippen molar-refractivity contribution in [3.8, 4) is 0 Å². The third-order valence-electron chi connectivity index (χ3n) is 4.23. The van der Waals surface area contributed by atoms with Gasteiger partial charge in [-0.1, -0.05) is 36.4 Å². The van der Waals surface area contributed by atoms with Gasteiger partial charge in [-0.05, 0) is 29.3 Å². The zero-order valence-electron chi connectivity index (χ0n) is 14.4. The van der Waals surface area contributed by atoms with Gasteiger partial charge in [-0.25, -0.2) is 0 Å². The molecule has 0 amide bonds. The van der Waals surface area contributed by atoms with Crippen LogP contribution in [0.5, 0.6) is 0 Å². The largest absolute Gasteiger partial charge is 0.418 e. The molecular weight excluding hydrogens is 353 g/mol. The molecule has 27 heavy (non-hydrogen) atoms. The monoisotopic (exact) mass is 370 g/mol. The van der Waals surface area contributed by atoms with Gasteiger partial charge in [-0.15, -0.1) is 0 Å². The maximum Gasteiger partial charge on any atom is 0.418 e. The maximum absolute atomic E-state index is 13.5. The fourth-order valence-corrected chi connectivity index (χ4v) is 3.02. The molecule has 1 aromatic carbocycles. The molecule has 0 spiro atoms. The van der Waals surface area contributed by atoms with E-state index >= 15 is 0 Å². The molecule has 0 aliphatic carbocycles. The lowest BCUT2D eigenvalue weighted by Gasteiger charge is -2.20. The highest BCUT2D eigenvalue weighted by Crippen LogP contribution is 2.37. The van der Waals surface area contributed by atoms with E-state index in [0.29, 0.717) is 5.56 Å². The summed E-state index contributed by atoms with van der Waals surface area (Å²) in [5.74, 6) is -0.941. The molecule has 0 aliphatic heterocycles. The van der Waals surface area contributed by atoms with Crippen molar-refractivity contribution in [3.63, 3.8) is 0 Å². The van der Waals surface area contributed by atoms with Crippen LogP contribution in [0.4, 0.5) is 13.2 Å². The van der Waals surface area contributed by atoms with Crippen molar-refractivity contribution >= 4 is 5.78 Å². The number of pyridine rings is 2. The van der Waals surface area contributed by atoms with Crippen LogP contribution in [0.15, 0.2) is 73.2 Å². The Labute approximate surface area is 154 Å². The van der Waals surface area contributed by atoms with E-state index in [4.69, 9.17) is 0 Å². The van der Waals surface area contributed by atoms with Crippen LogP contribution < -0.4 is 0 Å². The molecule has 0 radical (unpaired) electrons. The van der Waals surface area contributed by atoms with Crippen LogP contribution in [0.3, 0.4) is 0 Å². The van der Waals surface area contributed by atoms with Crippen molar-refractivity contribution in [2.24, 2.45) is 0 Å². The van der Waals surface area contributed by atoms with Crippen LogP contribution in [0.2, 0.25) is 0 Å². The fourth-order valence-electron chi connectivity index (χ4n) is 3.02. The predicted molar refractivity (Wildman–Crippen MR) is 95.1 cm³/mol. The molecule has 0 saturated heterocycles. The quantitative estimate of drug-likeness (QED) is 0.624. The van der Waals surface area contributed by atoms with Crippen molar-refractivity contribution in [1.29, 1.82) is 0 Å². The van der Waals surface area contributed by atoms with Crippen molar-refractivity contribution in [2.75, 3.05) is 0 Å². The van der Waals surface area contributed by atoms with Crippen LogP contribution in [0, 0.1) is 0 Å². The lowest BCUT2D eigenvalue weighted by atomic mass is 9.87. The Balaban J connectivity index is 1.95. The number of hydrogen-bond acceptors (Lipinski definition) is 3. The number of carbonyl (C=O) groups excluding carboxylic acids is 1. The fraction of sp³-hybridized carbons (Fsp3) is 0.190. The van der Waals surface area contributed by atoms with Crippen molar-refractivity contribution in [2.45, 2.75) is 24.9 Å². The van der Waals surface area contributed by atoms with E-state index in [2.05, 4.69) is 9.97 Å². The Morgan fingerprint density at radius 1 is 0.963 bits per heavy atom. The molecule has 1 atom stereocenters. The predicted octanol–water partition coefficient (Wildman–Crippen LogP) is 4.83. The summed E-state index contributed by atoms with van der Waals surface area (Å²) in [5.41, 5.74) is 0.413. The molecule has 0 unspecified atom stereocenters. The minimum absolute atomic E-state index is 0.0704. The first-order valence-electron chi connectivity index (χ1n) is 8.43. The van der Waals surface area contributed by atoms with Crippen LogP contribution in [0.1, 0.15) is 34.7 Å².